The molecular formula is C41H46Cl2N10O2. The molecule has 4 N–H and O–H groups in total. The SMILES string of the molecule is CC(C)Cc1c(C(=O)N2CCC2)c(Cl)cc2c1ccn2-c1cc(N)ncn1.Cc1c(N)ncnc1-n1ccc2c(CC(C)C)c(C(=O)N3CCC3)c(Cl)cc21. The molecule has 0 bridgehead atoms. The molecule has 0 atom stereocenters. The second-order valence-corrected chi connectivity index (χ2v) is 16.0. The van der Waals surface area contributed by atoms with Crippen LogP contribution in [0.25, 0.3) is 33.4 Å². The van der Waals surface area contributed by atoms with E-state index in [0.29, 0.717) is 50.5 Å². The molecule has 286 valence electrons. The summed E-state index contributed by atoms with van der Waals surface area (Å²) < 4.78 is 3.90. The van der Waals surface area contributed by atoms with Crippen LogP contribution in [0.4, 0.5) is 11.6 Å². The summed E-state index contributed by atoms with van der Waals surface area (Å²) in [6, 6.07) is 9.49. The molecule has 2 aromatic carbocycles. The highest BCUT2D eigenvalue weighted by Gasteiger charge is 2.30. The van der Waals surface area contributed by atoms with E-state index in [2.05, 4.69) is 47.6 Å². The number of nitrogens with two attached hydrogens (primary N) is 2. The standard InChI is InChI=1S/C21H24ClN5O.C20H22ClN5O/c1-12(2)9-15-14-5-8-27(20-13(3)19(23)24-11-25-20)17(14)10-16(22)18(15)21(28)26-6-4-7-26;1-12(2)8-14-13-4-7-26(18-10-17(22)23-11-24-18)16(13)9-15(21)19(14)20(27)25-5-3-6-25/h5,8,10-12H,4,6-7,9H2,1-3H3,(H2,23,24,25);4,7,9-12H,3,5-6,8H2,1-2H3,(H2,22,23,24). The predicted octanol–water partition coefficient (Wildman–Crippen LogP) is 7.71. The molecule has 14 heteroatoms. The number of amides is 2. The summed E-state index contributed by atoms with van der Waals surface area (Å²) in [6.45, 7) is 13.7. The van der Waals surface area contributed by atoms with Crippen LogP contribution < -0.4 is 11.5 Å². The second-order valence-electron chi connectivity index (χ2n) is 15.2. The van der Waals surface area contributed by atoms with Crippen molar-refractivity contribution in [1.29, 1.82) is 0 Å². The van der Waals surface area contributed by atoms with Crippen molar-refractivity contribution >= 4 is 68.5 Å². The summed E-state index contributed by atoms with van der Waals surface area (Å²) >= 11 is 13.3. The zero-order chi connectivity index (χ0) is 39.1. The molecule has 2 fully saturated rings. The lowest BCUT2D eigenvalue weighted by Gasteiger charge is -2.32. The van der Waals surface area contributed by atoms with E-state index in [1.807, 2.05) is 62.5 Å². The van der Waals surface area contributed by atoms with Crippen LogP contribution in [0.1, 0.15) is 77.9 Å². The van der Waals surface area contributed by atoms with E-state index in [-0.39, 0.29) is 11.8 Å². The molecule has 0 aliphatic carbocycles. The molecule has 0 radical (unpaired) electrons. The summed E-state index contributed by atoms with van der Waals surface area (Å²) in [4.78, 5) is 46.5. The number of carbonyl (C=O) groups excluding carboxylic acids is 2. The molecule has 2 aliphatic rings. The Labute approximate surface area is 330 Å². The number of aromatic nitrogens is 6. The van der Waals surface area contributed by atoms with Gasteiger partial charge in [0.1, 0.15) is 35.9 Å². The van der Waals surface area contributed by atoms with Gasteiger partial charge in [-0.05, 0) is 79.8 Å². The maximum absolute atomic E-state index is 13.1. The lowest BCUT2D eigenvalue weighted by Crippen LogP contribution is -2.42. The molecule has 2 aliphatic heterocycles. The van der Waals surface area contributed by atoms with E-state index in [4.69, 9.17) is 34.7 Å². The molecular weight excluding hydrogens is 735 g/mol. The van der Waals surface area contributed by atoms with Crippen molar-refractivity contribution in [3.8, 4) is 11.6 Å². The summed E-state index contributed by atoms with van der Waals surface area (Å²) in [5, 5.41) is 3.02. The van der Waals surface area contributed by atoms with Crippen LogP contribution in [0.3, 0.4) is 0 Å². The van der Waals surface area contributed by atoms with Crippen LogP contribution in [-0.2, 0) is 12.8 Å². The van der Waals surface area contributed by atoms with Gasteiger partial charge in [-0.25, -0.2) is 19.9 Å². The molecule has 12 nitrogen and oxygen atoms in total. The zero-order valence-corrected chi connectivity index (χ0v) is 33.3. The minimum atomic E-state index is 0.0304. The number of rotatable bonds is 8. The summed E-state index contributed by atoms with van der Waals surface area (Å²) in [6.07, 6.45) is 10.5. The number of anilines is 2. The quantitative estimate of drug-likeness (QED) is 0.159. The van der Waals surface area contributed by atoms with Gasteiger partial charge in [0.15, 0.2) is 0 Å². The topological polar surface area (TPSA) is 154 Å². The Kier molecular flexibility index (Phi) is 10.7. The fourth-order valence-electron chi connectivity index (χ4n) is 7.27. The number of hydrogen-bond acceptors (Lipinski definition) is 8. The molecule has 0 spiro atoms. The third kappa shape index (κ3) is 7.32. The molecule has 0 saturated carbocycles. The number of halogens is 2. The first-order valence-electron chi connectivity index (χ1n) is 18.7. The maximum Gasteiger partial charge on any atom is 0.255 e. The lowest BCUT2D eigenvalue weighted by molar-refractivity contribution is 0.0643. The van der Waals surface area contributed by atoms with Crippen molar-refractivity contribution < 1.29 is 9.59 Å². The highest BCUT2D eigenvalue weighted by Crippen LogP contribution is 2.37. The van der Waals surface area contributed by atoms with E-state index in [1.165, 1.54) is 12.7 Å². The fourth-order valence-corrected chi connectivity index (χ4v) is 7.86. The lowest BCUT2D eigenvalue weighted by atomic mass is 9.93. The monoisotopic (exact) mass is 780 g/mol. The smallest absolute Gasteiger partial charge is 0.255 e. The second kappa shape index (κ2) is 15.5. The number of fused-ring (bicyclic) bond motifs is 2. The van der Waals surface area contributed by atoms with Crippen LogP contribution in [0.5, 0.6) is 0 Å². The van der Waals surface area contributed by atoms with Gasteiger partial charge in [0.05, 0.1) is 32.2 Å². The first-order valence-corrected chi connectivity index (χ1v) is 19.5. The number of hydrogen-bond donors (Lipinski definition) is 2. The van der Waals surface area contributed by atoms with Gasteiger partial charge >= 0.3 is 0 Å². The van der Waals surface area contributed by atoms with E-state index in [9.17, 15) is 9.59 Å². The van der Waals surface area contributed by atoms with Gasteiger partial charge in [0.25, 0.3) is 11.8 Å². The summed E-state index contributed by atoms with van der Waals surface area (Å²) in [5.41, 5.74) is 17.7. The van der Waals surface area contributed by atoms with E-state index >= 15 is 0 Å². The predicted molar refractivity (Wildman–Crippen MR) is 219 cm³/mol. The Morgan fingerprint density at radius 3 is 1.67 bits per heavy atom. The van der Waals surface area contributed by atoms with Crippen molar-refractivity contribution in [3.63, 3.8) is 0 Å². The Balaban J connectivity index is 0.000000169. The van der Waals surface area contributed by atoms with Gasteiger partial charge in [-0.15, -0.1) is 0 Å². The number of carbonyl (C=O) groups is 2. The highest BCUT2D eigenvalue weighted by molar-refractivity contribution is 6.35. The molecule has 8 rings (SSSR count). The van der Waals surface area contributed by atoms with Crippen molar-refractivity contribution in [2.75, 3.05) is 37.6 Å². The van der Waals surface area contributed by atoms with Crippen molar-refractivity contribution in [2.45, 2.75) is 60.3 Å². The van der Waals surface area contributed by atoms with Gasteiger partial charge in [0, 0.05) is 61.0 Å². The normalized spacial score (nSPS) is 14.0. The van der Waals surface area contributed by atoms with Gasteiger partial charge in [-0.1, -0.05) is 50.9 Å². The van der Waals surface area contributed by atoms with Crippen LogP contribution in [0.15, 0.2) is 55.4 Å². The average molecular weight is 782 g/mol. The first-order chi connectivity index (χ1) is 26.3. The third-order valence-electron chi connectivity index (χ3n) is 10.3. The molecule has 6 heterocycles. The van der Waals surface area contributed by atoms with E-state index in [0.717, 1.165) is 96.2 Å². The van der Waals surface area contributed by atoms with Crippen LogP contribution in [0, 0.1) is 18.8 Å². The molecule has 2 amide bonds. The molecule has 2 saturated heterocycles. The van der Waals surface area contributed by atoms with Gasteiger partial charge in [-0.2, -0.15) is 0 Å². The van der Waals surface area contributed by atoms with Crippen LogP contribution in [0.2, 0.25) is 10.0 Å². The number of nitrogen functional groups attached to an aromatic ring is 2. The van der Waals surface area contributed by atoms with Gasteiger partial charge in [0.2, 0.25) is 0 Å². The number of benzene rings is 2. The zero-order valence-electron chi connectivity index (χ0n) is 31.8. The summed E-state index contributed by atoms with van der Waals surface area (Å²) in [7, 11) is 0. The van der Waals surface area contributed by atoms with Crippen molar-refractivity contribution in [3.05, 3.63) is 93.2 Å². The first kappa shape index (κ1) is 38.1. The highest BCUT2D eigenvalue weighted by atomic mass is 35.5. The third-order valence-corrected chi connectivity index (χ3v) is 10.9. The van der Waals surface area contributed by atoms with Crippen LogP contribution in [-0.4, -0.2) is 76.9 Å². The average Bonchev–Trinajstić information content (AvgIpc) is 3.69. The van der Waals surface area contributed by atoms with Crippen LogP contribution >= 0.6 is 23.2 Å². The molecule has 4 aromatic heterocycles. The maximum atomic E-state index is 13.1. The largest absolute Gasteiger partial charge is 0.384 e. The Morgan fingerprint density at radius 2 is 1.20 bits per heavy atom. The van der Waals surface area contributed by atoms with Crippen molar-refractivity contribution in [1.82, 2.24) is 38.9 Å². The Bertz CT molecular complexity index is 2430. The van der Waals surface area contributed by atoms with E-state index < -0.39 is 0 Å². The van der Waals surface area contributed by atoms with Gasteiger partial charge in [-0.3, -0.25) is 9.59 Å². The van der Waals surface area contributed by atoms with E-state index in [1.54, 1.807) is 6.07 Å². The van der Waals surface area contributed by atoms with Gasteiger partial charge < -0.3 is 30.4 Å². The minimum absolute atomic E-state index is 0.0304. The molecule has 0 unspecified atom stereocenters. The number of nitrogens with zero attached hydrogens (tertiary/aromatic N) is 8. The Hall–Kier alpha value is -5.20. The number of likely N-dealkylation sites (tertiary alicyclic amines) is 2. The van der Waals surface area contributed by atoms with Crippen molar-refractivity contribution in [2.24, 2.45) is 11.8 Å². The fraction of sp³-hybridized carbons (Fsp3) is 0.366. The minimum Gasteiger partial charge on any atom is -0.384 e. The Morgan fingerprint density at radius 1 is 0.709 bits per heavy atom. The molecule has 6 aromatic rings. The summed E-state index contributed by atoms with van der Waals surface area (Å²) in [5.74, 6) is 3.09. The molecule has 55 heavy (non-hydrogen) atoms.